The summed E-state index contributed by atoms with van der Waals surface area (Å²) >= 11 is 0. The highest BCUT2D eigenvalue weighted by Crippen LogP contribution is 2.48. The fraction of sp³-hybridized carbons (Fsp3) is 0.353. The molecule has 10 heteroatoms. The molecule has 3 amide bonds. The molecule has 27 heavy (non-hydrogen) atoms. The average molecular weight is 393 g/mol. The zero-order valence-corrected chi connectivity index (χ0v) is 15.2. The van der Waals surface area contributed by atoms with E-state index < -0.39 is 39.8 Å². The molecule has 1 aromatic carbocycles. The fourth-order valence-electron chi connectivity index (χ4n) is 3.64. The quantitative estimate of drug-likeness (QED) is 0.434. The third-order valence-electron chi connectivity index (χ3n) is 4.90. The summed E-state index contributed by atoms with van der Waals surface area (Å²) in [7, 11) is -4.09. The zero-order valence-electron chi connectivity index (χ0n) is 14.4. The van der Waals surface area contributed by atoms with E-state index in [1.165, 1.54) is 12.1 Å². The fourth-order valence-corrected chi connectivity index (χ4v) is 4.55. The summed E-state index contributed by atoms with van der Waals surface area (Å²) in [6.45, 7) is 1.79. The van der Waals surface area contributed by atoms with E-state index in [2.05, 4.69) is 5.43 Å². The lowest BCUT2D eigenvalue weighted by Gasteiger charge is -2.23. The molecule has 0 spiro atoms. The Hall–Kier alpha value is -2.88. The van der Waals surface area contributed by atoms with Gasteiger partial charge < -0.3 is 5.11 Å². The molecule has 0 saturated heterocycles. The minimum Gasteiger partial charge on any atom is -0.481 e. The van der Waals surface area contributed by atoms with Crippen molar-refractivity contribution in [3.63, 3.8) is 0 Å². The number of carbonyl (C=O) groups is 3. The van der Waals surface area contributed by atoms with Crippen molar-refractivity contribution in [1.29, 1.82) is 0 Å². The van der Waals surface area contributed by atoms with Crippen molar-refractivity contribution >= 4 is 27.9 Å². The minimum absolute atomic E-state index is 0.0984. The largest absolute Gasteiger partial charge is 0.481 e. The molecule has 4 atom stereocenters. The lowest BCUT2D eigenvalue weighted by atomic mass is 9.82. The van der Waals surface area contributed by atoms with Crippen LogP contribution in [0.1, 0.15) is 12.0 Å². The third kappa shape index (κ3) is 3.80. The molecule has 0 unspecified atom stereocenters. The molecule has 0 heterocycles. The van der Waals surface area contributed by atoms with Gasteiger partial charge in [0.25, 0.3) is 10.0 Å². The number of hydrogen-bond acceptors (Lipinski definition) is 5. The summed E-state index contributed by atoms with van der Waals surface area (Å²) in [5, 5.41) is 9.34. The molecule has 4 N–H and O–H groups in total. The molecule has 3 rings (SSSR count). The Morgan fingerprint density at radius 3 is 2.19 bits per heavy atom. The maximum atomic E-state index is 12.3. The van der Waals surface area contributed by atoms with E-state index in [9.17, 15) is 27.9 Å². The molecule has 0 radical (unpaired) electrons. The number of benzene rings is 1. The second-order valence-corrected chi connectivity index (χ2v) is 8.38. The number of nitrogens with one attached hydrogen (secondary N) is 3. The Labute approximate surface area is 155 Å². The second-order valence-electron chi connectivity index (χ2n) is 6.70. The number of hydrogen-bond donors (Lipinski definition) is 4. The van der Waals surface area contributed by atoms with Crippen molar-refractivity contribution in [2.75, 3.05) is 0 Å². The first-order valence-electron chi connectivity index (χ1n) is 8.29. The first kappa shape index (κ1) is 18.9. The highest BCUT2D eigenvalue weighted by molar-refractivity contribution is 7.90. The van der Waals surface area contributed by atoms with Crippen molar-refractivity contribution < 1.29 is 27.9 Å². The molecule has 1 aromatic rings. The highest BCUT2D eigenvalue weighted by Gasteiger charge is 2.51. The van der Waals surface area contributed by atoms with Crippen LogP contribution in [0, 0.1) is 30.6 Å². The first-order valence-corrected chi connectivity index (χ1v) is 9.78. The van der Waals surface area contributed by atoms with Gasteiger partial charge in [-0.05, 0) is 37.3 Å². The SMILES string of the molecule is Cc1ccc(S(=O)(=O)NC(=O)NNC(=O)[C@H]2[C@@H](C(=O)O)[C@H]3C=C[C@H]2C3)cc1. The summed E-state index contributed by atoms with van der Waals surface area (Å²) in [6.07, 6.45) is 4.17. The van der Waals surface area contributed by atoms with Gasteiger partial charge in [0.2, 0.25) is 5.91 Å². The van der Waals surface area contributed by atoms with E-state index in [1.54, 1.807) is 35.9 Å². The predicted octanol–water partition coefficient (Wildman–Crippen LogP) is 0.537. The maximum absolute atomic E-state index is 12.3. The maximum Gasteiger partial charge on any atom is 0.347 e. The number of aryl methyl sites for hydroxylation is 1. The van der Waals surface area contributed by atoms with Gasteiger partial charge >= 0.3 is 12.0 Å². The molecule has 9 nitrogen and oxygen atoms in total. The number of allylic oxidation sites excluding steroid dienone is 2. The number of rotatable bonds is 4. The number of urea groups is 1. The zero-order chi connectivity index (χ0) is 19.8. The Kier molecular flexibility index (Phi) is 4.92. The molecule has 1 saturated carbocycles. The lowest BCUT2D eigenvalue weighted by molar-refractivity contribution is -0.147. The van der Waals surface area contributed by atoms with Crippen molar-refractivity contribution in [2.45, 2.75) is 18.2 Å². The van der Waals surface area contributed by atoms with Crippen LogP contribution in [-0.4, -0.2) is 31.4 Å². The smallest absolute Gasteiger partial charge is 0.347 e. The van der Waals surface area contributed by atoms with Crippen LogP contribution >= 0.6 is 0 Å². The molecule has 2 bridgehead atoms. The number of carbonyl (C=O) groups excluding carboxylic acids is 2. The molecule has 2 aliphatic rings. The van der Waals surface area contributed by atoms with E-state index in [0.29, 0.717) is 6.42 Å². The van der Waals surface area contributed by atoms with E-state index in [4.69, 9.17) is 0 Å². The van der Waals surface area contributed by atoms with Crippen LogP contribution < -0.4 is 15.6 Å². The van der Waals surface area contributed by atoms with Crippen LogP contribution in [0.2, 0.25) is 0 Å². The minimum atomic E-state index is -4.09. The third-order valence-corrected chi connectivity index (χ3v) is 6.25. The van der Waals surface area contributed by atoms with Crippen LogP contribution in [0.3, 0.4) is 0 Å². The van der Waals surface area contributed by atoms with Crippen LogP contribution in [0.4, 0.5) is 4.79 Å². The Balaban J connectivity index is 1.59. The molecule has 1 fully saturated rings. The number of hydrazine groups is 1. The molecule has 0 aliphatic heterocycles. The van der Waals surface area contributed by atoms with Gasteiger partial charge in [-0.15, -0.1) is 0 Å². The van der Waals surface area contributed by atoms with Gasteiger partial charge in [-0.1, -0.05) is 29.8 Å². The predicted molar refractivity (Wildman–Crippen MR) is 93.5 cm³/mol. The van der Waals surface area contributed by atoms with E-state index >= 15 is 0 Å². The number of amides is 3. The van der Waals surface area contributed by atoms with E-state index in [-0.39, 0.29) is 16.7 Å². The summed E-state index contributed by atoms with van der Waals surface area (Å²) in [6, 6.07) is 4.73. The number of carboxylic acid groups (broad SMARTS) is 1. The number of aliphatic carboxylic acids is 1. The van der Waals surface area contributed by atoms with Gasteiger partial charge in [0.05, 0.1) is 16.7 Å². The van der Waals surface area contributed by atoms with Crippen molar-refractivity contribution in [3.8, 4) is 0 Å². The van der Waals surface area contributed by atoms with Crippen molar-refractivity contribution in [2.24, 2.45) is 23.7 Å². The van der Waals surface area contributed by atoms with Crippen molar-refractivity contribution in [3.05, 3.63) is 42.0 Å². The first-order chi connectivity index (χ1) is 12.7. The molecule has 2 aliphatic carbocycles. The summed E-state index contributed by atoms with van der Waals surface area (Å²) in [4.78, 5) is 35.5. The lowest BCUT2D eigenvalue weighted by Crippen LogP contribution is -2.52. The Bertz CT molecular complexity index is 909. The highest BCUT2D eigenvalue weighted by atomic mass is 32.2. The topological polar surface area (TPSA) is 142 Å². The normalized spacial score (nSPS) is 25.8. The van der Waals surface area contributed by atoms with Gasteiger partial charge in [-0.25, -0.2) is 23.4 Å². The van der Waals surface area contributed by atoms with Crippen LogP contribution in [-0.2, 0) is 19.6 Å². The summed E-state index contributed by atoms with van der Waals surface area (Å²) in [5.41, 5.74) is 4.94. The van der Waals surface area contributed by atoms with Gasteiger partial charge in [0.15, 0.2) is 0 Å². The van der Waals surface area contributed by atoms with Gasteiger partial charge in [0, 0.05) is 0 Å². The Morgan fingerprint density at radius 1 is 1.00 bits per heavy atom. The number of carboxylic acids is 1. The number of sulfonamides is 1. The van der Waals surface area contributed by atoms with Crippen LogP contribution in [0.25, 0.3) is 0 Å². The van der Waals surface area contributed by atoms with E-state index in [0.717, 1.165) is 5.56 Å². The molecule has 144 valence electrons. The van der Waals surface area contributed by atoms with Crippen LogP contribution in [0.15, 0.2) is 41.3 Å². The Morgan fingerprint density at radius 2 is 1.59 bits per heavy atom. The second kappa shape index (κ2) is 7.03. The van der Waals surface area contributed by atoms with Gasteiger partial charge in [0.1, 0.15) is 0 Å². The molecular formula is C17H19N3O6S. The molecule has 0 aromatic heterocycles. The number of fused-ring (bicyclic) bond motifs is 2. The van der Waals surface area contributed by atoms with Crippen LogP contribution in [0.5, 0.6) is 0 Å². The van der Waals surface area contributed by atoms with Gasteiger partial charge in [-0.2, -0.15) is 0 Å². The average Bonchev–Trinajstić information content (AvgIpc) is 3.21. The van der Waals surface area contributed by atoms with E-state index in [1.807, 2.05) is 5.43 Å². The van der Waals surface area contributed by atoms with Gasteiger partial charge in [-0.3, -0.25) is 15.0 Å². The summed E-state index contributed by atoms with van der Waals surface area (Å²) < 4.78 is 26.0. The standard InChI is InChI=1S/C17H19N3O6S/c1-9-2-6-12(7-3-9)27(25,26)20-17(24)19-18-15(21)13-10-4-5-11(8-10)14(13)16(22)23/h2-7,10-11,13-14H,8H2,1H3,(H,18,21)(H,22,23)(H2,19,20,24)/t10-,11-,13+,14-/m0/s1. The summed E-state index contributed by atoms with van der Waals surface area (Å²) in [5.74, 6) is -3.83. The van der Waals surface area contributed by atoms with Crippen molar-refractivity contribution in [1.82, 2.24) is 15.6 Å². The molecular weight excluding hydrogens is 374 g/mol. The monoisotopic (exact) mass is 393 g/mol.